The average molecular weight is 377 g/mol. The van der Waals surface area contributed by atoms with Gasteiger partial charge < -0.3 is 9.80 Å². The smallest absolute Gasteiger partial charge is 0.235 e. The first-order valence-electron chi connectivity index (χ1n) is 9.92. The Morgan fingerprint density at radius 3 is 2.46 bits per heavy atom. The zero-order chi connectivity index (χ0) is 19.7. The number of hydrogen-bond acceptors (Lipinski definition) is 4. The Bertz CT molecular complexity index is 968. The summed E-state index contributed by atoms with van der Waals surface area (Å²) in [5.74, 6) is 2.35. The van der Waals surface area contributed by atoms with E-state index in [4.69, 9.17) is 0 Å². The molecule has 0 radical (unpaired) electrons. The lowest BCUT2D eigenvalue weighted by atomic mass is 10.0. The van der Waals surface area contributed by atoms with Gasteiger partial charge in [-0.3, -0.25) is 9.20 Å². The highest BCUT2D eigenvalue weighted by Crippen LogP contribution is 2.18. The van der Waals surface area contributed by atoms with Crippen molar-refractivity contribution in [2.24, 2.45) is 0 Å². The zero-order valence-corrected chi connectivity index (χ0v) is 16.8. The summed E-state index contributed by atoms with van der Waals surface area (Å²) < 4.78 is 1.96. The van der Waals surface area contributed by atoms with Crippen molar-refractivity contribution in [1.82, 2.24) is 19.3 Å². The number of fused-ring (bicyclic) bond motifs is 1. The van der Waals surface area contributed by atoms with Crippen molar-refractivity contribution in [3.05, 3.63) is 59.5 Å². The fourth-order valence-electron chi connectivity index (χ4n) is 3.62. The van der Waals surface area contributed by atoms with E-state index < -0.39 is 0 Å². The molecule has 0 aliphatic carbocycles. The topological polar surface area (TPSA) is 53.7 Å². The quantitative estimate of drug-likeness (QED) is 0.701. The van der Waals surface area contributed by atoms with E-state index in [1.807, 2.05) is 34.8 Å². The molecule has 1 aliphatic rings. The average Bonchev–Trinajstić information content (AvgIpc) is 3.11. The summed E-state index contributed by atoms with van der Waals surface area (Å²) in [6.45, 7) is 9.42. The molecule has 0 N–H and O–H groups in total. The van der Waals surface area contributed by atoms with Crippen LogP contribution in [0.15, 0.2) is 42.9 Å². The maximum absolute atomic E-state index is 12.7. The first kappa shape index (κ1) is 18.5. The van der Waals surface area contributed by atoms with Crippen LogP contribution in [0.4, 0.5) is 5.82 Å². The summed E-state index contributed by atoms with van der Waals surface area (Å²) in [6.07, 6.45) is 6.35. The number of imidazole rings is 1. The highest BCUT2D eigenvalue weighted by atomic mass is 16.2. The van der Waals surface area contributed by atoms with Gasteiger partial charge >= 0.3 is 0 Å². The molecule has 2 aromatic heterocycles. The largest absolute Gasteiger partial charge is 0.352 e. The molecule has 6 nitrogen and oxygen atoms in total. The van der Waals surface area contributed by atoms with Crippen molar-refractivity contribution in [2.45, 2.75) is 33.1 Å². The number of hydrogen-bond donors (Lipinski definition) is 0. The molecule has 1 aromatic carbocycles. The second kappa shape index (κ2) is 7.62. The molecule has 146 valence electrons. The maximum atomic E-state index is 12.7. The van der Waals surface area contributed by atoms with Gasteiger partial charge in [-0.2, -0.15) is 4.98 Å². The van der Waals surface area contributed by atoms with Crippen LogP contribution in [0.5, 0.6) is 0 Å². The van der Waals surface area contributed by atoms with Gasteiger partial charge in [0.1, 0.15) is 5.82 Å². The molecule has 1 amide bonds. The first-order chi connectivity index (χ1) is 13.5. The Hall–Kier alpha value is -2.89. The molecular formula is C22H27N5O. The number of carbonyl (C=O) groups excluding carboxylic acids is 1. The molecule has 3 aromatic rings. The number of aryl methyl sites for hydroxylation is 1. The number of amides is 1. The third-order valence-electron chi connectivity index (χ3n) is 5.38. The van der Waals surface area contributed by atoms with Crippen molar-refractivity contribution >= 4 is 17.5 Å². The van der Waals surface area contributed by atoms with Gasteiger partial charge in [0.2, 0.25) is 11.7 Å². The molecule has 4 rings (SSSR count). The number of carbonyl (C=O) groups is 1. The van der Waals surface area contributed by atoms with Gasteiger partial charge in [0, 0.05) is 38.6 Å². The van der Waals surface area contributed by atoms with Gasteiger partial charge in [-0.05, 0) is 29.5 Å². The van der Waals surface area contributed by atoms with Crippen LogP contribution in [0.3, 0.4) is 0 Å². The third-order valence-corrected chi connectivity index (χ3v) is 5.38. The lowest BCUT2D eigenvalue weighted by molar-refractivity contribution is -0.130. The van der Waals surface area contributed by atoms with Gasteiger partial charge in [0.05, 0.1) is 12.6 Å². The minimum atomic E-state index is 0.198. The molecule has 0 spiro atoms. The zero-order valence-electron chi connectivity index (χ0n) is 16.8. The standard InChI is InChI=1S/C22H27N5O/c1-16(2)19-6-4-18(5-7-19)12-21(28)26-10-8-25(9-11-26)20-15-27-14-17(3)13-23-22(27)24-20/h4-7,13-16H,8-12H2,1-3H3. The number of benzene rings is 1. The van der Waals surface area contributed by atoms with Crippen molar-refractivity contribution in [2.75, 3.05) is 31.1 Å². The van der Waals surface area contributed by atoms with E-state index in [0.29, 0.717) is 18.1 Å². The van der Waals surface area contributed by atoms with Crippen LogP contribution in [-0.4, -0.2) is 51.4 Å². The van der Waals surface area contributed by atoms with E-state index in [1.54, 1.807) is 0 Å². The molecule has 1 saturated heterocycles. The van der Waals surface area contributed by atoms with Crippen molar-refractivity contribution < 1.29 is 4.79 Å². The number of aromatic nitrogens is 3. The van der Waals surface area contributed by atoms with Crippen LogP contribution in [0.2, 0.25) is 0 Å². The lowest BCUT2D eigenvalue weighted by Gasteiger charge is -2.34. The molecule has 1 fully saturated rings. The van der Waals surface area contributed by atoms with Gasteiger partial charge in [0.15, 0.2) is 0 Å². The Balaban J connectivity index is 1.35. The molecule has 0 bridgehead atoms. The number of nitrogens with zero attached hydrogens (tertiary/aromatic N) is 5. The van der Waals surface area contributed by atoms with E-state index in [9.17, 15) is 4.79 Å². The molecule has 0 atom stereocenters. The van der Waals surface area contributed by atoms with Crippen molar-refractivity contribution in [1.29, 1.82) is 0 Å². The van der Waals surface area contributed by atoms with E-state index in [1.165, 1.54) is 5.56 Å². The van der Waals surface area contributed by atoms with Crippen molar-refractivity contribution in [3.8, 4) is 0 Å². The number of piperazine rings is 1. The van der Waals surface area contributed by atoms with E-state index in [2.05, 4.69) is 53.0 Å². The van der Waals surface area contributed by atoms with E-state index in [0.717, 1.165) is 43.1 Å². The Morgan fingerprint density at radius 1 is 1.07 bits per heavy atom. The summed E-state index contributed by atoms with van der Waals surface area (Å²) in [6, 6.07) is 8.42. The summed E-state index contributed by atoms with van der Waals surface area (Å²) in [4.78, 5) is 25.9. The molecule has 6 heteroatoms. The SMILES string of the molecule is Cc1cnc2nc(N3CCN(C(=O)Cc4ccc(C(C)C)cc4)CC3)cn2c1. The van der Waals surface area contributed by atoms with Gasteiger partial charge in [-0.1, -0.05) is 38.1 Å². The van der Waals surface area contributed by atoms with Crippen LogP contribution in [0, 0.1) is 6.92 Å². The second-order valence-electron chi connectivity index (χ2n) is 7.88. The van der Waals surface area contributed by atoms with E-state index >= 15 is 0 Å². The Morgan fingerprint density at radius 2 is 1.79 bits per heavy atom. The van der Waals surface area contributed by atoms with Crippen LogP contribution in [0.25, 0.3) is 5.78 Å². The number of rotatable bonds is 4. The summed E-state index contributed by atoms with van der Waals surface area (Å²) in [5.41, 5.74) is 3.49. The Labute approximate surface area is 165 Å². The summed E-state index contributed by atoms with van der Waals surface area (Å²) in [5, 5.41) is 0. The summed E-state index contributed by atoms with van der Waals surface area (Å²) in [7, 11) is 0. The highest BCUT2D eigenvalue weighted by molar-refractivity contribution is 5.79. The monoisotopic (exact) mass is 377 g/mol. The van der Waals surface area contributed by atoms with Crippen LogP contribution >= 0.6 is 0 Å². The maximum Gasteiger partial charge on any atom is 0.235 e. The van der Waals surface area contributed by atoms with Gasteiger partial charge in [-0.25, -0.2) is 4.98 Å². The predicted molar refractivity (Wildman–Crippen MR) is 111 cm³/mol. The first-order valence-corrected chi connectivity index (χ1v) is 9.92. The van der Waals surface area contributed by atoms with Gasteiger partial charge in [-0.15, -0.1) is 0 Å². The van der Waals surface area contributed by atoms with Crippen LogP contribution in [0.1, 0.15) is 36.5 Å². The molecule has 0 unspecified atom stereocenters. The summed E-state index contributed by atoms with van der Waals surface area (Å²) >= 11 is 0. The third kappa shape index (κ3) is 3.86. The van der Waals surface area contributed by atoms with Crippen LogP contribution < -0.4 is 4.90 Å². The molecule has 1 aliphatic heterocycles. The van der Waals surface area contributed by atoms with E-state index in [-0.39, 0.29) is 5.91 Å². The minimum absolute atomic E-state index is 0.198. The number of anilines is 1. The fourth-order valence-corrected chi connectivity index (χ4v) is 3.62. The Kier molecular flexibility index (Phi) is 5.03. The normalized spacial score (nSPS) is 14.9. The second-order valence-corrected chi connectivity index (χ2v) is 7.88. The molecule has 3 heterocycles. The molecular weight excluding hydrogens is 350 g/mol. The molecule has 28 heavy (non-hydrogen) atoms. The van der Waals surface area contributed by atoms with Gasteiger partial charge in [0.25, 0.3) is 0 Å². The fraction of sp³-hybridized carbons (Fsp3) is 0.409. The van der Waals surface area contributed by atoms with Crippen LogP contribution in [-0.2, 0) is 11.2 Å². The highest BCUT2D eigenvalue weighted by Gasteiger charge is 2.23. The predicted octanol–water partition coefficient (Wildman–Crippen LogP) is 3.05. The van der Waals surface area contributed by atoms with Crippen molar-refractivity contribution in [3.63, 3.8) is 0 Å². The molecule has 0 saturated carbocycles. The lowest BCUT2D eigenvalue weighted by Crippen LogP contribution is -2.49. The minimum Gasteiger partial charge on any atom is -0.352 e.